The lowest BCUT2D eigenvalue weighted by atomic mass is 10.3. The first-order valence-electron chi connectivity index (χ1n) is 3.29. The summed E-state index contributed by atoms with van der Waals surface area (Å²) in [7, 11) is -3.02. The van der Waals surface area contributed by atoms with E-state index in [0.29, 0.717) is 13.0 Å². The first-order chi connectivity index (χ1) is 4.46. The standard InChI is InChI=1S/C6H12O3S/c1-6(10(2,7)8)4-3-5-9-6/h3-5H2,1-2H3. The molecule has 1 atom stereocenters. The van der Waals surface area contributed by atoms with Crippen molar-refractivity contribution in [1.29, 1.82) is 0 Å². The summed E-state index contributed by atoms with van der Waals surface area (Å²) in [6.45, 7) is 2.21. The van der Waals surface area contributed by atoms with Crippen molar-refractivity contribution in [3.63, 3.8) is 0 Å². The molecule has 1 unspecified atom stereocenters. The van der Waals surface area contributed by atoms with Crippen molar-refractivity contribution in [2.24, 2.45) is 0 Å². The van der Waals surface area contributed by atoms with Crippen LogP contribution in [0, 0.1) is 0 Å². The maximum Gasteiger partial charge on any atom is 0.176 e. The van der Waals surface area contributed by atoms with Gasteiger partial charge in [-0.25, -0.2) is 8.42 Å². The highest BCUT2D eigenvalue weighted by atomic mass is 32.2. The number of hydrogen-bond acceptors (Lipinski definition) is 3. The van der Waals surface area contributed by atoms with Gasteiger partial charge in [-0.05, 0) is 19.8 Å². The monoisotopic (exact) mass is 164 g/mol. The van der Waals surface area contributed by atoms with Gasteiger partial charge in [-0.15, -0.1) is 0 Å². The van der Waals surface area contributed by atoms with Gasteiger partial charge in [0.2, 0.25) is 0 Å². The van der Waals surface area contributed by atoms with Crippen molar-refractivity contribution in [3.8, 4) is 0 Å². The predicted octanol–water partition coefficient (Wildman–Crippen LogP) is 0.558. The van der Waals surface area contributed by atoms with E-state index in [9.17, 15) is 8.42 Å². The number of sulfone groups is 1. The van der Waals surface area contributed by atoms with Gasteiger partial charge in [0.25, 0.3) is 0 Å². The number of hydrogen-bond donors (Lipinski definition) is 0. The lowest BCUT2D eigenvalue weighted by molar-refractivity contribution is 0.0882. The van der Waals surface area contributed by atoms with Crippen molar-refractivity contribution in [3.05, 3.63) is 0 Å². The fraction of sp³-hybridized carbons (Fsp3) is 1.00. The van der Waals surface area contributed by atoms with E-state index >= 15 is 0 Å². The molecule has 0 spiro atoms. The minimum Gasteiger partial charge on any atom is -0.359 e. The molecule has 0 aromatic rings. The third-order valence-electron chi connectivity index (χ3n) is 1.97. The van der Waals surface area contributed by atoms with E-state index in [4.69, 9.17) is 4.74 Å². The topological polar surface area (TPSA) is 43.4 Å². The summed E-state index contributed by atoms with van der Waals surface area (Å²) in [6.07, 6.45) is 2.70. The van der Waals surface area contributed by atoms with Gasteiger partial charge in [0.05, 0.1) is 0 Å². The minimum atomic E-state index is -3.02. The van der Waals surface area contributed by atoms with Crippen LogP contribution in [0.2, 0.25) is 0 Å². The van der Waals surface area contributed by atoms with Crippen LogP contribution in [-0.2, 0) is 14.6 Å². The Balaban J connectivity index is 2.88. The van der Waals surface area contributed by atoms with E-state index in [1.54, 1.807) is 6.92 Å². The average Bonchev–Trinajstić information content (AvgIpc) is 2.13. The Morgan fingerprint density at radius 2 is 2.10 bits per heavy atom. The van der Waals surface area contributed by atoms with E-state index < -0.39 is 14.8 Å². The maximum atomic E-state index is 11.0. The molecule has 1 aliphatic heterocycles. The molecule has 0 bridgehead atoms. The van der Waals surface area contributed by atoms with E-state index in [2.05, 4.69) is 0 Å². The SMILES string of the molecule is CC1(S(C)(=O)=O)CCCO1. The van der Waals surface area contributed by atoms with Crippen molar-refractivity contribution in [2.75, 3.05) is 12.9 Å². The molecule has 1 heterocycles. The van der Waals surface area contributed by atoms with Crippen LogP contribution >= 0.6 is 0 Å². The van der Waals surface area contributed by atoms with E-state index in [1.807, 2.05) is 0 Å². The van der Waals surface area contributed by atoms with Crippen LogP contribution in [-0.4, -0.2) is 26.2 Å². The summed E-state index contributed by atoms with van der Waals surface area (Å²) in [4.78, 5) is -0.896. The fourth-order valence-electron chi connectivity index (χ4n) is 1.05. The highest BCUT2D eigenvalue weighted by Gasteiger charge is 2.39. The van der Waals surface area contributed by atoms with E-state index in [1.165, 1.54) is 6.26 Å². The van der Waals surface area contributed by atoms with Crippen LogP contribution in [0.25, 0.3) is 0 Å². The Morgan fingerprint density at radius 3 is 2.30 bits per heavy atom. The third kappa shape index (κ3) is 1.18. The van der Waals surface area contributed by atoms with Crippen LogP contribution in [0.15, 0.2) is 0 Å². The van der Waals surface area contributed by atoms with E-state index in [-0.39, 0.29) is 0 Å². The average molecular weight is 164 g/mol. The van der Waals surface area contributed by atoms with Crippen LogP contribution in [0.4, 0.5) is 0 Å². The second-order valence-electron chi connectivity index (χ2n) is 2.86. The molecular formula is C6H12O3S. The van der Waals surface area contributed by atoms with Gasteiger partial charge >= 0.3 is 0 Å². The number of ether oxygens (including phenoxy) is 1. The lowest BCUT2D eigenvalue weighted by Crippen LogP contribution is -2.33. The highest BCUT2D eigenvalue weighted by molar-refractivity contribution is 7.91. The van der Waals surface area contributed by atoms with Gasteiger partial charge in [0.15, 0.2) is 14.8 Å². The van der Waals surface area contributed by atoms with Crippen molar-refractivity contribution in [2.45, 2.75) is 24.7 Å². The van der Waals surface area contributed by atoms with E-state index in [0.717, 1.165) is 6.42 Å². The lowest BCUT2D eigenvalue weighted by Gasteiger charge is -2.19. The minimum absolute atomic E-state index is 0.573. The predicted molar refractivity (Wildman–Crippen MR) is 38.4 cm³/mol. The first kappa shape index (κ1) is 8.01. The summed E-state index contributed by atoms with van der Waals surface area (Å²) >= 11 is 0. The molecule has 10 heavy (non-hydrogen) atoms. The van der Waals surface area contributed by atoms with Gasteiger partial charge in [-0.1, -0.05) is 0 Å². The van der Waals surface area contributed by atoms with Crippen molar-refractivity contribution < 1.29 is 13.2 Å². The first-order valence-corrected chi connectivity index (χ1v) is 5.18. The zero-order valence-corrected chi connectivity index (χ0v) is 7.07. The molecule has 0 N–H and O–H groups in total. The van der Waals surface area contributed by atoms with Gasteiger partial charge in [0.1, 0.15) is 0 Å². The van der Waals surface area contributed by atoms with Gasteiger partial charge in [-0.3, -0.25) is 0 Å². The molecule has 0 aromatic carbocycles. The van der Waals surface area contributed by atoms with Gasteiger partial charge in [0, 0.05) is 12.9 Å². The molecule has 1 rings (SSSR count). The number of rotatable bonds is 1. The summed E-state index contributed by atoms with van der Waals surface area (Å²) in [6, 6.07) is 0. The second-order valence-corrected chi connectivity index (χ2v) is 5.27. The molecule has 0 aromatic heterocycles. The van der Waals surface area contributed by atoms with Crippen LogP contribution in [0.5, 0.6) is 0 Å². The zero-order valence-electron chi connectivity index (χ0n) is 6.25. The quantitative estimate of drug-likeness (QED) is 0.568. The zero-order chi connectivity index (χ0) is 7.83. The molecule has 3 nitrogen and oxygen atoms in total. The molecule has 4 heteroatoms. The molecule has 1 fully saturated rings. The second kappa shape index (κ2) is 2.20. The summed E-state index contributed by atoms with van der Waals surface area (Å²) in [5.41, 5.74) is 0. The van der Waals surface area contributed by atoms with Crippen LogP contribution in [0.1, 0.15) is 19.8 Å². The molecular weight excluding hydrogens is 152 g/mol. The smallest absolute Gasteiger partial charge is 0.176 e. The summed E-state index contributed by atoms with van der Waals surface area (Å²) in [5.74, 6) is 0. The van der Waals surface area contributed by atoms with Crippen molar-refractivity contribution >= 4 is 9.84 Å². The van der Waals surface area contributed by atoms with Crippen LogP contribution < -0.4 is 0 Å². The molecule has 0 saturated carbocycles. The molecule has 0 radical (unpaired) electrons. The normalized spacial score (nSPS) is 34.6. The molecule has 0 aliphatic carbocycles. The summed E-state index contributed by atoms with van der Waals surface area (Å²) < 4.78 is 27.2. The molecule has 60 valence electrons. The van der Waals surface area contributed by atoms with Gasteiger partial charge < -0.3 is 4.74 Å². The van der Waals surface area contributed by atoms with Gasteiger partial charge in [-0.2, -0.15) is 0 Å². The summed E-state index contributed by atoms with van der Waals surface area (Å²) in [5, 5.41) is 0. The Hall–Kier alpha value is -0.0900. The molecule has 1 saturated heterocycles. The largest absolute Gasteiger partial charge is 0.359 e. The molecule has 1 aliphatic rings. The fourth-order valence-corrected chi connectivity index (χ4v) is 1.86. The maximum absolute atomic E-state index is 11.0. The Labute approximate surface area is 61.3 Å². The van der Waals surface area contributed by atoms with Crippen LogP contribution in [0.3, 0.4) is 0 Å². The Bertz CT molecular complexity index is 211. The third-order valence-corrected chi connectivity index (χ3v) is 3.86. The Kier molecular flexibility index (Phi) is 1.76. The van der Waals surface area contributed by atoms with Crippen molar-refractivity contribution in [1.82, 2.24) is 0 Å². The molecule has 0 amide bonds. The Morgan fingerprint density at radius 1 is 1.50 bits per heavy atom. The highest BCUT2D eigenvalue weighted by Crippen LogP contribution is 2.29.